The van der Waals surface area contributed by atoms with Crippen LogP contribution in [-0.2, 0) is 6.54 Å². The molecule has 98 valence electrons. The average molecular weight is 278 g/mol. The van der Waals surface area contributed by atoms with Crippen LogP contribution in [-0.4, -0.2) is 21.4 Å². The second-order valence-corrected chi connectivity index (χ2v) is 4.67. The van der Waals surface area contributed by atoms with Crippen LogP contribution >= 0.6 is 11.6 Å². The maximum atomic E-state index is 11.3. The van der Waals surface area contributed by atoms with Crippen LogP contribution in [0.25, 0.3) is 0 Å². The molecule has 2 aromatic rings. The number of aromatic carboxylic acids is 1. The predicted octanol–water partition coefficient (Wildman–Crippen LogP) is 3.09. The van der Waals surface area contributed by atoms with Crippen LogP contribution in [0.3, 0.4) is 0 Å². The molecular weight excluding hydrogens is 266 g/mol. The molecule has 4 nitrogen and oxygen atoms in total. The summed E-state index contributed by atoms with van der Waals surface area (Å²) in [6.07, 6.45) is 1.56. The summed E-state index contributed by atoms with van der Waals surface area (Å²) in [5, 5.41) is 9.75. The second kappa shape index (κ2) is 5.28. The second-order valence-electron chi connectivity index (χ2n) is 4.23. The van der Waals surface area contributed by atoms with Crippen molar-refractivity contribution in [3.63, 3.8) is 0 Å². The van der Waals surface area contributed by atoms with E-state index in [1.165, 1.54) is 13.0 Å². The average Bonchev–Trinajstić information content (AvgIpc) is 2.76. The third kappa shape index (κ3) is 3.03. The van der Waals surface area contributed by atoms with Gasteiger partial charge in [0.2, 0.25) is 0 Å². The molecule has 0 unspecified atom stereocenters. The SMILES string of the molecule is CC(=O)c1cc(C(=O)O)n(Cc2ccc(Cl)cc2)c1. The van der Waals surface area contributed by atoms with Crippen LogP contribution in [0.1, 0.15) is 33.3 Å². The summed E-state index contributed by atoms with van der Waals surface area (Å²) in [5.74, 6) is -1.21. The minimum Gasteiger partial charge on any atom is -0.477 e. The molecule has 0 aliphatic rings. The van der Waals surface area contributed by atoms with Crippen LogP contribution in [0.15, 0.2) is 36.5 Å². The first-order valence-corrected chi connectivity index (χ1v) is 6.04. The van der Waals surface area contributed by atoms with Gasteiger partial charge in [0, 0.05) is 23.3 Å². The number of halogens is 1. The van der Waals surface area contributed by atoms with E-state index in [2.05, 4.69) is 0 Å². The zero-order chi connectivity index (χ0) is 14.0. The molecule has 0 saturated heterocycles. The van der Waals surface area contributed by atoms with Gasteiger partial charge in [0.1, 0.15) is 5.69 Å². The summed E-state index contributed by atoms with van der Waals surface area (Å²) in [4.78, 5) is 22.5. The molecule has 0 radical (unpaired) electrons. The maximum absolute atomic E-state index is 11.3. The van der Waals surface area contributed by atoms with E-state index in [0.717, 1.165) is 5.56 Å². The molecule has 1 N–H and O–H groups in total. The molecule has 0 atom stereocenters. The van der Waals surface area contributed by atoms with E-state index in [0.29, 0.717) is 17.1 Å². The lowest BCUT2D eigenvalue weighted by atomic mass is 10.2. The Hall–Kier alpha value is -2.07. The number of carboxylic acids is 1. The number of hydrogen-bond acceptors (Lipinski definition) is 2. The Bertz CT molecular complexity index is 629. The zero-order valence-corrected chi connectivity index (χ0v) is 11.0. The highest BCUT2D eigenvalue weighted by Gasteiger charge is 2.14. The molecule has 0 spiro atoms. The maximum Gasteiger partial charge on any atom is 0.352 e. The number of benzene rings is 1. The standard InChI is InChI=1S/C14H12ClNO3/c1-9(17)11-6-13(14(18)19)16(8-11)7-10-2-4-12(15)5-3-10/h2-6,8H,7H2,1H3,(H,18,19). The first-order valence-electron chi connectivity index (χ1n) is 5.66. The van der Waals surface area contributed by atoms with Crippen molar-refractivity contribution in [2.24, 2.45) is 0 Å². The van der Waals surface area contributed by atoms with Crippen LogP contribution in [0, 0.1) is 0 Å². The largest absolute Gasteiger partial charge is 0.477 e. The van der Waals surface area contributed by atoms with Crippen molar-refractivity contribution in [3.8, 4) is 0 Å². The fraction of sp³-hybridized carbons (Fsp3) is 0.143. The molecule has 1 aromatic carbocycles. The fourth-order valence-electron chi connectivity index (χ4n) is 1.80. The fourth-order valence-corrected chi connectivity index (χ4v) is 1.93. The summed E-state index contributed by atoms with van der Waals surface area (Å²) < 4.78 is 1.54. The molecule has 1 heterocycles. The summed E-state index contributed by atoms with van der Waals surface area (Å²) >= 11 is 5.80. The van der Waals surface area contributed by atoms with E-state index in [9.17, 15) is 9.59 Å². The first-order chi connectivity index (χ1) is 8.97. The number of carbonyl (C=O) groups is 2. The zero-order valence-electron chi connectivity index (χ0n) is 10.3. The minimum atomic E-state index is -1.05. The summed E-state index contributed by atoms with van der Waals surface area (Å²) in [5.41, 5.74) is 1.41. The number of Topliss-reactive ketones (excluding diaryl/α,β-unsaturated/α-hetero) is 1. The number of aromatic nitrogens is 1. The Kier molecular flexibility index (Phi) is 3.71. The molecule has 0 bridgehead atoms. The molecule has 0 saturated carbocycles. The highest BCUT2D eigenvalue weighted by molar-refractivity contribution is 6.30. The van der Waals surface area contributed by atoms with Gasteiger partial charge >= 0.3 is 5.97 Å². The highest BCUT2D eigenvalue weighted by atomic mass is 35.5. The monoisotopic (exact) mass is 277 g/mol. The molecule has 2 rings (SSSR count). The number of carboxylic acid groups (broad SMARTS) is 1. The quantitative estimate of drug-likeness (QED) is 0.874. The van der Waals surface area contributed by atoms with Crippen molar-refractivity contribution in [1.29, 1.82) is 0 Å². The Labute approximate surface area is 115 Å². The van der Waals surface area contributed by atoms with Crippen LogP contribution in [0.5, 0.6) is 0 Å². The Morgan fingerprint density at radius 1 is 1.26 bits per heavy atom. The van der Waals surface area contributed by atoms with Crippen molar-refractivity contribution in [1.82, 2.24) is 4.57 Å². The number of rotatable bonds is 4. The smallest absolute Gasteiger partial charge is 0.352 e. The number of ketones is 1. The number of nitrogens with zero attached hydrogens (tertiary/aromatic N) is 1. The molecule has 1 aromatic heterocycles. The molecule has 0 aliphatic carbocycles. The van der Waals surface area contributed by atoms with Crippen LogP contribution in [0.2, 0.25) is 5.02 Å². The minimum absolute atomic E-state index is 0.0974. The Morgan fingerprint density at radius 2 is 1.89 bits per heavy atom. The van der Waals surface area contributed by atoms with Gasteiger partial charge in [-0.25, -0.2) is 4.79 Å². The molecule has 5 heteroatoms. The summed E-state index contributed by atoms with van der Waals surface area (Å²) in [6, 6.07) is 8.52. The summed E-state index contributed by atoms with van der Waals surface area (Å²) in [7, 11) is 0. The lowest BCUT2D eigenvalue weighted by molar-refractivity contribution is 0.0685. The van der Waals surface area contributed by atoms with E-state index in [-0.39, 0.29) is 11.5 Å². The first kappa shape index (κ1) is 13.4. The lowest BCUT2D eigenvalue weighted by Crippen LogP contribution is -2.08. The van der Waals surface area contributed by atoms with Gasteiger partial charge < -0.3 is 9.67 Å². The van der Waals surface area contributed by atoms with Gasteiger partial charge in [-0.05, 0) is 30.7 Å². The van der Waals surface area contributed by atoms with Crippen molar-refractivity contribution in [2.45, 2.75) is 13.5 Å². The Morgan fingerprint density at radius 3 is 2.42 bits per heavy atom. The van der Waals surface area contributed by atoms with E-state index < -0.39 is 5.97 Å². The van der Waals surface area contributed by atoms with E-state index in [1.54, 1.807) is 22.9 Å². The van der Waals surface area contributed by atoms with Crippen molar-refractivity contribution >= 4 is 23.4 Å². The van der Waals surface area contributed by atoms with Gasteiger partial charge in [-0.15, -0.1) is 0 Å². The molecule has 19 heavy (non-hydrogen) atoms. The molecule has 0 fully saturated rings. The third-order valence-corrected chi connectivity index (χ3v) is 3.04. The normalized spacial score (nSPS) is 10.4. The topological polar surface area (TPSA) is 59.3 Å². The summed E-state index contributed by atoms with van der Waals surface area (Å²) in [6.45, 7) is 1.79. The van der Waals surface area contributed by atoms with Gasteiger partial charge in [-0.3, -0.25) is 4.79 Å². The Balaban J connectivity index is 2.35. The number of carbonyl (C=O) groups excluding carboxylic acids is 1. The van der Waals surface area contributed by atoms with E-state index in [1.807, 2.05) is 12.1 Å². The van der Waals surface area contributed by atoms with Crippen molar-refractivity contribution < 1.29 is 14.7 Å². The lowest BCUT2D eigenvalue weighted by Gasteiger charge is -2.06. The van der Waals surface area contributed by atoms with Gasteiger partial charge in [-0.1, -0.05) is 23.7 Å². The van der Waals surface area contributed by atoms with Crippen molar-refractivity contribution in [3.05, 3.63) is 58.4 Å². The van der Waals surface area contributed by atoms with Gasteiger partial charge in [0.05, 0.1) is 0 Å². The third-order valence-electron chi connectivity index (χ3n) is 2.79. The number of hydrogen-bond donors (Lipinski definition) is 1. The van der Waals surface area contributed by atoms with E-state index in [4.69, 9.17) is 16.7 Å². The van der Waals surface area contributed by atoms with Gasteiger partial charge in [-0.2, -0.15) is 0 Å². The predicted molar refractivity (Wildman–Crippen MR) is 71.9 cm³/mol. The highest BCUT2D eigenvalue weighted by Crippen LogP contribution is 2.15. The van der Waals surface area contributed by atoms with Crippen LogP contribution in [0.4, 0.5) is 0 Å². The van der Waals surface area contributed by atoms with Crippen molar-refractivity contribution in [2.75, 3.05) is 0 Å². The van der Waals surface area contributed by atoms with Crippen LogP contribution < -0.4 is 0 Å². The van der Waals surface area contributed by atoms with Gasteiger partial charge in [0.25, 0.3) is 0 Å². The van der Waals surface area contributed by atoms with Gasteiger partial charge in [0.15, 0.2) is 5.78 Å². The molecule has 0 amide bonds. The van der Waals surface area contributed by atoms with E-state index >= 15 is 0 Å². The molecular formula is C14H12ClNO3. The molecule has 0 aliphatic heterocycles.